The lowest BCUT2D eigenvalue weighted by atomic mass is 10.2. The summed E-state index contributed by atoms with van der Waals surface area (Å²) >= 11 is 3.61. The summed E-state index contributed by atoms with van der Waals surface area (Å²) in [6, 6.07) is 4.18. The van der Waals surface area contributed by atoms with E-state index in [1.807, 2.05) is 18.7 Å². The van der Waals surface area contributed by atoms with Crippen LogP contribution in [0.15, 0.2) is 21.7 Å². The highest BCUT2D eigenvalue weighted by Gasteiger charge is 1.98. The third kappa shape index (κ3) is 4.48. The highest BCUT2D eigenvalue weighted by molar-refractivity contribution is 8.01. The first-order chi connectivity index (χ1) is 6.33. The number of Topliss-reactive ketones (excluding diaryl/α,β-unsaturated/α-hetero) is 1. The molecule has 0 aliphatic carbocycles. The second-order valence-electron chi connectivity index (χ2n) is 2.78. The Bertz CT molecular complexity index is 241. The number of ketones is 1. The van der Waals surface area contributed by atoms with Crippen LogP contribution in [0.4, 0.5) is 0 Å². The monoisotopic (exact) mass is 214 g/mol. The van der Waals surface area contributed by atoms with Crippen LogP contribution in [0, 0.1) is 0 Å². The normalized spacial score (nSPS) is 10.2. The summed E-state index contributed by atoms with van der Waals surface area (Å²) in [5, 5.41) is 2.08. The van der Waals surface area contributed by atoms with E-state index >= 15 is 0 Å². The quantitative estimate of drug-likeness (QED) is 0.531. The molecule has 1 aromatic heterocycles. The van der Waals surface area contributed by atoms with Crippen molar-refractivity contribution in [3.05, 3.63) is 17.5 Å². The number of thiophene rings is 1. The molecule has 0 unspecified atom stereocenters. The van der Waals surface area contributed by atoms with E-state index in [4.69, 9.17) is 0 Å². The number of hydrogen-bond acceptors (Lipinski definition) is 3. The van der Waals surface area contributed by atoms with Crippen molar-refractivity contribution in [1.29, 1.82) is 0 Å². The minimum absolute atomic E-state index is 0.381. The predicted molar refractivity (Wildman–Crippen MR) is 59.6 cm³/mol. The van der Waals surface area contributed by atoms with Crippen LogP contribution in [-0.2, 0) is 4.79 Å². The van der Waals surface area contributed by atoms with Gasteiger partial charge in [-0.1, -0.05) is 13.0 Å². The molecule has 0 bridgehead atoms. The van der Waals surface area contributed by atoms with Crippen molar-refractivity contribution in [2.75, 3.05) is 5.75 Å². The maximum atomic E-state index is 11.0. The van der Waals surface area contributed by atoms with E-state index in [1.54, 1.807) is 11.3 Å². The van der Waals surface area contributed by atoms with Gasteiger partial charge in [0.2, 0.25) is 0 Å². The van der Waals surface area contributed by atoms with Crippen LogP contribution < -0.4 is 0 Å². The zero-order valence-corrected chi connectivity index (χ0v) is 9.42. The molecule has 0 aliphatic heterocycles. The lowest BCUT2D eigenvalue weighted by Gasteiger charge is -1.97. The average molecular weight is 214 g/mol. The van der Waals surface area contributed by atoms with Gasteiger partial charge in [-0.3, -0.25) is 4.79 Å². The zero-order valence-electron chi connectivity index (χ0n) is 7.79. The van der Waals surface area contributed by atoms with Crippen LogP contribution in [0.1, 0.15) is 26.2 Å². The van der Waals surface area contributed by atoms with E-state index < -0.39 is 0 Å². The molecule has 1 heterocycles. The smallest absolute Gasteiger partial charge is 0.132 e. The van der Waals surface area contributed by atoms with Gasteiger partial charge >= 0.3 is 0 Å². The summed E-state index contributed by atoms with van der Waals surface area (Å²) in [5.74, 6) is 1.44. The third-order valence-electron chi connectivity index (χ3n) is 1.73. The Balaban J connectivity index is 2.05. The number of carbonyl (C=O) groups excluding carboxylic acids is 1. The lowest BCUT2D eigenvalue weighted by molar-refractivity contribution is -0.118. The van der Waals surface area contributed by atoms with Crippen LogP contribution in [0.2, 0.25) is 0 Å². The molecule has 13 heavy (non-hydrogen) atoms. The molecule has 72 valence electrons. The van der Waals surface area contributed by atoms with Gasteiger partial charge in [-0.25, -0.2) is 0 Å². The first-order valence-electron chi connectivity index (χ1n) is 4.51. The van der Waals surface area contributed by atoms with Gasteiger partial charge in [0, 0.05) is 12.8 Å². The molecule has 0 saturated carbocycles. The molecule has 0 amide bonds. The van der Waals surface area contributed by atoms with E-state index in [0.717, 1.165) is 18.6 Å². The van der Waals surface area contributed by atoms with Crippen LogP contribution in [0.25, 0.3) is 0 Å². The first kappa shape index (κ1) is 10.8. The van der Waals surface area contributed by atoms with Crippen LogP contribution in [0.5, 0.6) is 0 Å². The summed E-state index contributed by atoms with van der Waals surface area (Å²) in [4.78, 5) is 11.0. The van der Waals surface area contributed by atoms with E-state index in [1.165, 1.54) is 4.21 Å². The number of thioether (sulfide) groups is 1. The van der Waals surface area contributed by atoms with Crippen LogP contribution in [-0.4, -0.2) is 11.5 Å². The van der Waals surface area contributed by atoms with Gasteiger partial charge in [-0.05, 0) is 23.6 Å². The molecule has 0 saturated heterocycles. The molecule has 0 aliphatic rings. The summed E-state index contributed by atoms with van der Waals surface area (Å²) in [5.41, 5.74) is 0. The SMILES string of the molecule is CCC(=O)CCCSc1cccs1. The number of carbonyl (C=O) groups is 1. The fourth-order valence-electron chi connectivity index (χ4n) is 0.964. The molecule has 1 aromatic rings. The van der Waals surface area contributed by atoms with Gasteiger partial charge in [-0.2, -0.15) is 0 Å². The first-order valence-corrected chi connectivity index (χ1v) is 6.37. The highest BCUT2D eigenvalue weighted by atomic mass is 32.2. The van der Waals surface area contributed by atoms with Crippen molar-refractivity contribution in [3.8, 4) is 0 Å². The van der Waals surface area contributed by atoms with Gasteiger partial charge in [0.25, 0.3) is 0 Å². The van der Waals surface area contributed by atoms with Crippen molar-refractivity contribution in [2.24, 2.45) is 0 Å². The second-order valence-corrected chi connectivity index (χ2v) is 5.12. The Morgan fingerprint density at radius 3 is 3.08 bits per heavy atom. The zero-order chi connectivity index (χ0) is 9.52. The molecule has 0 aromatic carbocycles. The predicted octanol–water partition coefficient (Wildman–Crippen LogP) is 3.60. The van der Waals surface area contributed by atoms with E-state index in [0.29, 0.717) is 12.2 Å². The third-order valence-corrected chi connectivity index (χ3v) is 3.95. The molecular formula is C10H14OS2. The summed E-state index contributed by atoms with van der Waals surface area (Å²) in [6.45, 7) is 1.93. The molecule has 0 atom stereocenters. The van der Waals surface area contributed by atoms with Crippen molar-refractivity contribution >= 4 is 28.9 Å². The summed E-state index contributed by atoms with van der Waals surface area (Å²) in [6.07, 6.45) is 2.44. The van der Waals surface area contributed by atoms with Crippen LogP contribution in [0.3, 0.4) is 0 Å². The Labute approximate surface area is 87.5 Å². The fourth-order valence-corrected chi connectivity index (χ4v) is 2.77. The van der Waals surface area contributed by atoms with Crippen LogP contribution >= 0.6 is 23.1 Å². The van der Waals surface area contributed by atoms with Crippen molar-refractivity contribution in [3.63, 3.8) is 0 Å². The van der Waals surface area contributed by atoms with E-state index in [-0.39, 0.29) is 0 Å². The van der Waals surface area contributed by atoms with Crippen molar-refractivity contribution < 1.29 is 4.79 Å². The van der Waals surface area contributed by atoms with Gasteiger partial charge < -0.3 is 0 Å². The molecule has 0 radical (unpaired) electrons. The minimum atomic E-state index is 0.381. The molecule has 1 rings (SSSR count). The molecular weight excluding hydrogens is 200 g/mol. The molecule has 3 heteroatoms. The Morgan fingerprint density at radius 1 is 1.62 bits per heavy atom. The van der Waals surface area contributed by atoms with Gasteiger partial charge in [0.1, 0.15) is 5.78 Å². The Morgan fingerprint density at radius 2 is 2.46 bits per heavy atom. The van der Waals surface area contributed by atoms with Gasteiger partial charge in [0.15, 0.2) is 0 Å². The number of rotatable bonds is 6. The Hall–Kier alpha value is -0.280. The highest BCUT2D eigenvalue weighted by Crippen LogP contribution is 2.24. The molecule has 0 N–H and O–H groups in total. The maximum absolute atomic E-state index is 11.0. The minimum Gasteiger partial charge on any atom is -0.300 e. The van der Waals surface area contributed by atoms with Crippen molar-refractivity contribution in [1.82, 2.24) is 0 Å². The standard InChI is InChI=1S/C10H14OS2/c1-2-9(11)5-3-7-12-10-6-4-8-13-10/h4,6,8H,2-3,5,7H2,1H3. The average Bonchev–Trinajstić information content (AvgIpc) is 2.64. The number of hydrogen-bond donors (Lipinski definition) is 0. The largest absolute Gasteiger partial charge is 0.300 e. The van der Waals surface area contributed by atoms with Crippen molar-refractivity contribution in [2.45, 2.75) is 30.4 Å². The molecule has 0 fully saturated rings. The summed E-state index contributed by atoms with van der Waals surface area (Å²) in [7, 11) is 0. The Kier molecular flexibility index (Phi) is 5.16. The lowest BCUT2D eigenvalue weighted by Crippen LogP contribution is -1.94. The second kappa shape index (κ2) is 6.22. The molecule has 0 spiro atoms. The fraction of sp³-hybridized carbons (Fsp3) is 0.500. The molecule has 1 nitrogen and oxygen atoms in total. The maximum Gasteiger partial charge on any atom is 0.132 e. The van der Waals surface area contributed by atoms with Gasteiger partial charge in [-0.15, -0.1) is 23.1 Å². The summed E-state index contributed by atoms with van der Waals surface area (Å²) < 4.78 is 1.35. The van der Waals surface area contributed by atoms with E-state index in [9.17, 15) is 4.79 Å². The topological polar surface area (TPSA) is 17.1 Å². The van der Waals surface area contributed by atoms with E-state index in [2.05, 4.69) is 17.5 Å². The van der Waals surface area contributed by atoms with Gasteiger partial charge in [0.05, 0.1) is 4.21 Å².